The summed E-state index contributed by atoms with van der Waals surface area (Å²) in [5.74, 6) is 1.61. The van der Waals surface area contributed by atoms with Crippen LogP contribution >= 0.6 is 0 Å². The summed E-state index contributed by atoms with van der Waals surface area (Å²) in [6, 6.07) is 15.2. The van der Waals surface area contributed by atoms with Crippen molar-refractivity contribution < 1.29 is 14.3 Å². The van der Waals surface area contributed by atoms with Crippen LogP contribution in [0.2, 0.25) is 0 Å². The predicted octanol–water partition coefficient (Wildman–Crippen LogP) is 4.05. The number of para-hydroxylation sites is 2. The van der Waals surface area contributed by atoms with E-state index in [1.165, 1.54) is 12.8 Å². The lowest BCUT2D eigenvalue weighted by atomic mass is 10.1. The lowest BCUT2D eigenvalue weighted by molar-refractivity contribution is 0.0976. The number of nitrogens with zero attached hydrogens (tertiary/aromatic N) is 1. The Hall–Kier alpha value is -2.49. The second-order valence-electron chi connectivity index (χ2n) is 6.32. The molecule has 24 heavy (non-hydrogen) atoms. The summed E-state index contributed by atoms with van der Waals surface area (Å²) in [4.78, 5) is 14.6. The molecule has 1 aliphatic carbocycles. The zero-order valence-corrected chi connectivity index (χ0v) is 13.6. The highest BCUT2D eigenvalue weighted by Crippen LogP contribution is 2.32. The zero-order chi connectivity index (χ0) is 16.4. The van der Waals surface area contributed by atoms with Gasteiger partial charge in [-0.15, -0.1) is 0 Å². The second-order valence-corrected chi connectivity index (χ2v) is 6.32. The minimum absolute atomic E-state index is 0.00170. The van der Waals surface area contributed by atoms with E-state index in [-0.39, 0.29) is 5.91 Å². The van der Waals surface area contributed by atoms with Gasteiger partial charge in [-0.25, -0.2) is 0 Å². The molecular formula is C20H21NO3. The van der Waals surface area contributed by atoms with Crippen LogP contribution in [-0.4, -0.2) is 25.2 Å². The van der Waals surface area contributed by atoms with Crippen molar-refractivity contribution in [1.29, 1.82) is 0 Å². The smallest absolute Gasteiger partial charge is 0.258 e. The van der Waals surface area contributed by atoms with Crippen molar-refractivity contribution >= 4 is 11.6 Å². The van der Waals surface area contributed by atoms with Gasteiger partial charge < -0.3 is 14.4 Å². The Balaban J connectivity index is 1.50. The maximum atomic E-state index is 12.8. The summed E-state index contributed by atoms with van der Waals surface area (Å²) in [5, 5.41) is 0. The summed E-state index contributed by atoms with van der Waals surface area (Å²) in [6.45, 7) is 1.09. The third-order valence-electron chi connectivity index (χ3n) is 4.68. The maximum Gasteiger partial charge on any atom is 0.258 e. The SMILES string of the molecule is O=C(c1ccc(OC2CCCC2)cc1)N1CCOc2ccccc21. The Labute approximate surface area is 142 Å². The molecule has 0 aromatic heterocycles. The highest BCUT2D eigenvalue weighted by atomic mass is 16.5. The molecule has 0 unspecified atom stereocenters. The molecule has 2 aliphatic rings. The maximum absolute atomic E-state index is 12.8. The lowest BCUT2D eigenvalue weighted by Crippen LogP contribution is -2.37. The predicted molar refractivity (Wildman–Crippen MR) is 92.9 cm³/mol. The highest BCUT2D eigenvalue weighted by molar-refractivity contribution is 6.07. The fraction of sp³-hybridized carbons (Fsp3) is 0.350. The van der Waals surface area contributed by atoms with Crippen LogP contribution in [0.1, 0.15) is 36.0 Å². The van der Waals surface area contributed by atoms with Gasteiger partial charge in [-0.2, -0.15) is 0 Å². The van der Waals surface area contributed by atoms with E-state index >= 15 is 0 Å². The van der Waals surface area contributed by atoms with Crippen molar-refractivity contribution in [2.45, 2.75) is 31.8 Å². The van der Waals surface area contributed by atoms with E-state index in [1.54, 1.807) is 4.90 Å². The Kier molecular flexibility index (Phi) is 4.11. The van der Waals surface area contributed by atoms with E-state index in [9.17, 15) is 4.79 Å². The number of amides is 1. The number of hydrogen-bond donors (Lipinski definition) is 0. The molecule has 0 spiro atoms. The quantitative estimate of drug-likeness (QED) is 0.855. The third-order valence-corrected chi connectivity index (χ3v) is 4.68. The summed E-state index contributed by atoms with van der Waals surface area (Å²) >= 11 is 0. The molecule has 2 aromatic rings. The molecule has 1 aliphatic heterocycles. The molecule has 1 saturated carbocycles. The average molecular weight is 323 g/mol. The second kappa shape index (κ2) is 6.56. The average Bonchev–Trinajstić information content (AvgIpc) is 3.14. The van der Waals surface area contributed by atoms with Gasteiger partial charge in [-0.3, -0.25) is 4.79 Å². The fourth-order valence-corrected chi connectivity index (χ4v) is 3.41. The molecule has 4 rings (SSSR count). The third kappa shape index (κ3) is 2.96. The molecule has 0 saturated heterocycles. The molecule has 124 valence electrons. The number of anilines is 1. The van der Waals surface area contributed by atoms with E-state index in [2.05, 4.69) is 0 Å². The van der Waals surface area contributed by atoms with Gasteiger partial charge in [-0.05, 0) is 62.1 Å². The first-order chi connectivity index (χ1) is 11.8. The van der Waals surface area contributed by atoms with Crippen molar-refractivity contribution in [3.8, 4) is 11.5 Å². The number of carbonyl (C=O) groups is 1. The minimum Gasteiger partial charge on any atom is -0.490 e. The van der Waals surface area contributed by atoms with Gasteiger partial charge in [0, 0.05) is 5.56 Å². The van der Waals surface area contributed by atoms with Gasteiger partial charge in [-0.1, -0.05) is 12.1 Å². The molecule has 4 nitrogen and oxygen atoms in total. The summed E-state index contributed by atoms with van der Waals surface area (Å²) < 4.78 is 11.6. The number of hydrogen-bond acceptors (Lipinski definition) is 3. The van der Waals surface area contributed by atoms with E-state index in [1.807, 2.05) is 48.5 Å². The van der Waals surface area contributed by atoms with Crippen LogP contribution in [0.15, 0.2) is 48.5 Å². The fourth-order valence-electron chi connectivity index (χ4n) is 3.41. The molecule has 1 heterocycles. The normalized spacial score (nSPS) is 17.2. The molecule has 1 fully saturated rings. The van der Waals surface area contributed by atoms with Crippen LogP contribution in [0.5, 0.6) is 11.5 Å². The van der Waals surface area contributed by atoms with Gasteiger partial charge in [0.25, 0.3) is 5.91 Å². The largest absolute Gasteiger partial charge is 0.490 e. The van der Waals surface area contributed by atoms with Crippen molar-refractivity contribution in [1.82, 2.24) is 0 Å². The first-order valence-electron chi connectivity index (χ1n) is 8.62. The van der Waals surface area contributed by atoms with Crippen molar-refractivity contribution in [3.63, 3.8) is 0 Å². The highest BCUT2D eigenvalue weighted by Gasteiger charge is 2.24. The minimum atomic E-state index is -0.00170. The summed E-state index contributed by atoms with van der Waals surface area (Å²) in [7, 11) is 0. The molecule has 4 heteroatoms. The van der Waals surface area contributed by atoms with Crippen LogP contribution in [0, 0.1) is 0 Å². The Morgan fingerprint density at radius 3 is 2.58 bits per heavy atom. The molecule has 0 radical (unpaired) electrons. The monoisotopic (exact) mass is 323 g/mol. The summed E-state index contributed by atoms with van der Waals surface area (Å²) in [6.07, 6.45) is 5.09. The van der Waals surface area contributed by atoms with Gasteiger partial charge >= 0.3 is 0 Å². The molecule has 1 amide bonds. The van der Waals surface area contributed by atoms with Crippen molar-refractivity contribution in [2.24, 2.45) is 0 Å². The van der Waals surface area contributed by atoms with Gasteiger partial charge in [0.2, 0.25) is 0 Å². The van der Waals surface area contributed by atoms with Crippen LogP contribution < -0.4 is 14.4 Å². The van der Waals surface area contributed by atoms with E-state index in [0.717, 1.165) is 30.0 Å². The summed E-state index contributed by atoms with van der Waals surface area (Å²) in [5.41, 5.74) is 1.51. The van der Waals surface area contributed by atoms with Crippen molar-refractivity contribution in [2.75, 3.05) is 18.1 Å². The van der Waals surface area contributed by atoms with Crippen LogP contribution in [-0.2, 0) is 0 Å². The first-order valence-corrected chi connectivity index (χ1v) is 8.62. The molecule has 0 bridgehead atoms. The molecular weight excluding hydrogens is 302 g/mol. The lowest BCUT2D eigenvalue weighted by Gasteiger charge is -2.29. The number of fused-ring (bicyclic) bond motifs is 1. The van der Waals surface area contributed by atoms with Crippen LogP contribution in [0.3, 0.4) is 0 Å². The Bertz CT molecular complexity index is 720. The standard InChI is InChI=1S/C20H21NO3/c22-20(21-13-14-23-19-8-4-3-7-18(19)21)15-9-11-17(12-10-15)24-16-5-1-2-6-16/h3-4,7-12,16H,1-2,5-6,13-14H2. The number of carbonyl (C=O) groups excluding carboxylic acids is 1. The van der Waals surface area contributed by atoms with Gasteiger partial charge in [0.15, 0.2) is 0 Å². The zero-order valence-electron chi connectivity index (χ0n) is 13.6. The molecule has 0 atom stereocenters. The number of benzene rings is 2. The number of ether oxygens (including phenoxy) is 2. The van der Waals surface area contributed by atoms with Gasteiger partial charge in [0.1, 0.15) is 18.1 Å². The van der Waals surface area contributed by atoms with E-state index < -0.39 is 0 Å². The molecule has 0 N–H and O–H groups in total. The Morgan fingerprint density at radius 2 is 1.79 bits per heavy atom. The van der Waals surface area contributed by atoms with Crippen LogP contribution in [0.4, 0.5) is 5.69 Å². The van der Waals surface area contributed by atoms with Gasteiger partial charge in [0.05, 0.1) is 18.3 Å². The van der Waals surface area contributed by atoms with Crippen molar-refractivity contribution in [3.05, 3.63) is 54.1 Å². The Morgan fingerprint density at radius 1 is 1.04 bits per heavy atom. The number of rotatable bonds is 3. The van der Waals surface area contributed by atoms with Crippen LogP contribution in [0.25, 0.3) is 0 Å². The first kappa shape index (κ1) is 15.1. The molecule has 2 aromatic carbocycles. The topological polar surface area (TPSA) is 38.8 Å². The van der Waals surface area contributed by atoms with E-state index in [4.69, 9.17) is 9.47 Å². The van der Waals surface area contributed by atoms with E-state index in [0.29, 0.717) is 24.8 Å².